The van der Waals surface area contributed by atoms with Gasteiger partial charge < -0.3 is 20.3 Å². The second kappa shape index (κ2) is 5.56. The number of anilines is 1. The Labute approximate surface area is 158 Å². The molecule has 2 fully saturated rings. The van der Waals surface area contributed by atoms with Crippen LogP contribution >= 0.6 is 0 Å². The minimum absolute atomic E-state index is 0.0490. The summed E-state index contributed by atoms with van der Waals surface area (Å²) in [4.78, 5) is 15.1. The number of ether oxygens (including phenoxy) is 1. The van der Waals surface area contributed by atoms with Gasteiger partial charge >= 0.3 is 5.97 Å². The van der Waals surface area contributed by atoms with E-state index < -0.39 is 17.6 Å². The zero-order valence-electron chi connectivity index (χ0n) is 15.7. The van der Waals surface area contributed by atoms with Crippen LogP contribution in [-0.4, -0.2) is 59.5 Å². The first-order valence-corrected chi connectivity index (χ1v) is 9.78. The number of hydrogen-bond donors (Lipinski definition) is 3. The number of para-hydroxylation sites is 1. The summed E-state index contributed by atoms with van der Waals surface area (Å²) in [5.74, 6) is -0.346. The summed E-state index contributed by atoms with van der Waals surface area (Å²) in [5.41, 5.74) is 2.83. The van der Waals surface area contributed by atoms with Gasteiger partial charge in [0.2, 0.25) is 0 Å². The van der Waals surface area contributed by atoms with Crippen LogP contribution in [0.2, 0.25) is 0 Å². The molecule has 0 unspecified atom stereocenters. The summed E-state index contributed by atoms with van der Waals surface area (Å²) in [6, 6.07) is 8.27. The quantitative estimate of drug-likeness (QED) is 0.683. The molecule has 0 radical (unpaired) electrons. The largest absolute Gasteiger partial charge is 0.466 e. The molecule has 5 rings (SSSR count). The Morgan fingerprint density at radius 2 is 2.15 bits per heavy atom. The number of methoxy groups -OCH3 is 1. The van der Waals surface area contributed by atoms with Crippen LogP contribution in [-0.2, 0) is 14.9 Å². The predicted molar refractivity (Wildman–Crippen MR) is 100 cm³/mol. The summed E-state index contributed by atoms with van der Waals surface area (Å²) in [5, 5.41) is 25.3. The smallest absolute Gasteiger partial charge is 0.335 e. The Morgan fingerprint density at radius 1 is 1.37 bits per heavy atom. The van der Waals surface area contributed by atoms with Crippen LogP contribution in [0, 0.1) is 5.41 Å². The lowest BCUT2D eigenvalue weighted by atomic mass is 9.52. The van der Waals surface area contributed by atoms with Gasteiger partial charge in [-0.3, -0.25) is 4.90 Å². The highest BCUT2D eigenvalue weighted by Gasteiger charge is 2.69. The van der Waals surface area contributed by atoms with Crippen LogP contribution < -0.4 is 5.32 Å². The third-order valence-corrected chi connectivity index (χ3v) is 7.56. The van der Waals surface area contributed by atoms with Crippen molar-refractivity contribution in [3.05, 3.63) is 41.1 Å². The number of benzene rings is 1. The molecular formula is C21H26N2O4. The van der Waals surface area contributed by atoms with Crippen LogP contribution in [0.4, 0.5) is 5.69 Å². The van der Waals surface area contributed by atoms with E-state index in [9.17, 15) is 15.0 Å². The van der Waals surface area contributed by atoms with Gasteiger partial charge in [-0.1, -0.05) is 25.1 Å². The number of aliphatic hydroxyl groups is 2. The fourth-order valence-electron chi connectivity index (χ4n) is 6.53. The Bertz CT molecular complexity index is 852. The first kappa shape index (κ1) is 17.2. The highest BCUT2D eigenvalue weighted by atomic mass is 16.5. The molecule has 3 aliphatic heterocycles. The lowest BCUT2D eigenvalue weighted by molar-refractivity contribution is -0.160. The second-order valence-corrected chi connectivity index (χ2v) is 8.41. The number of aliphatic hydroxyl groups excluding tert-OH is 2. The van der Waals surface area contributed by atoms with Gasteiger partial charge in [0.1, 0.15) is 0 Å². The topological polar surface area (TPSA) is 82.0 Å². The van der Waals surface area contributed by atoms with Gasteiger partial charge in [-0.05, 0) is 37.4 Å². The standard InChI is InChI=1S/C21H26N2O4/c1-3-20-10-12(18(26)27-2)16-21(13-6-4-5-7-14(13)22-16)8-9-23(19(20)21)11-15(24)17(20)25/h4-7,15,17,19,22,24-25H,3,8-11H2,1-2H3/t15-,17-,19+,20-,21+/m1/s1. The predicted octanol–water partition coefficient (Wildman–Crippen LogP) is 1.39. The number of carbonyl (C=O) groups excluding carboxylic acids is 1. The van der Waals surface area contributed by atoms with Crippen molar-refractivity contribution in [2.45, 2.75) is 49.9 Å². The summed E-state index contributed by atoms with van der Waals surface area (Å²) in [6.07, 6.45) is 0.283. The fraction of sp³-hybridized carbons (Fsp3) is 0.571. The SMILES string of the molecule is CC[C@@]12CC(C(=O)OC)=C3Nc4ccccc4[C@@]34CCN(C[C@@H](O)[C@H]1O)[C@@H]24. The maximum Gasteiger partial charge on any atom is 0.335 e. The van der Waals surface area contributed by atoms with Crippen LogP contribution in [0.1, 0.15) is 31.7 Å². The molecule has 1 spiro atoms. The first-order chi connectivity index (χ1) is 13.0. The normalized spacial score (nSPS) is 39.5. The lowest BCUT2D eigenvalue weighted by Crippen LogP contribution is -2.68. The molecule has 27 heavy (non-hydrogen) atoms. The molecule has 3 heterocycles. The van der Waals surface area contributed by atoms with E-state index in [2.05, 4.69) is 29.3 Å². The van der Waals surface area contributed by atoms with Crippen molar-refractivity contribution in [3.8, 4) is 0 Å². The van der Waals surface area contributed by atoms with Crippen molar-refractivity contribution < 1.29 is 19.7 Å². The Balaban J connectivity index is 1.82. The van der Waals surface area contributed by atoms with E-state index in [1.54, 1.807) is 0 Å². The van der Waals surface area contributed by atoms with Gasteiger partial charge in [-0.25, -0.2) is 4.79 Å². The second-order valence-electron chi connectivity index (χ2n) is 8.41. The monoisotopic (exact) mass is 370 g/mol. The molecule has 0 saturated carbocycles. The van der Waals surface area contributed by atoms with Gasteiger partial charge in [0.25, 0.3) is 0 Å². The van der Waals surface area contributed by atoms with E-state index in [4.69, 9.17) is 4.74 Å². The average molecular weight is 370 g/mol. The zero-order chi connectivity index (χ0) is 19.0. The molecular weight excluding hydrogens is 344 g/mol. The molecule has 6 heteroatoms. The van der Waals surface area contributed by atoms with Crippen LogP contribution in [0.25, 0.3) is 0 Å². The van der Waals surface area contributed by atoms with E-state index >= 15 is 0 Å². The van der Waals surface area contributed by atoms with Crippen LogP contribution in [0.3, 0.4) is 0 Å². The summed E-state index contributed by atoms with van der Waals surface area (Å²) < 4.78 is 5.14. The molecule has 3 N–H and O–H groups in total. The number of carbonyl (C=O) groups is 1. The number of fused-ring (bicyclic) bond motifs is 1. The summed E-state index contributed by atoms with van der Waals surface area (Å²) in [6.45, 7) is 3.36. The summed E-state index contributed by atoms with van der Waals surface area (Å²) in [7, 11) is 1.41. The minimum Gasteiger partial charge on any atom is -0.466 e. The molecule has 4 aliphatic rings. The highest BCUT2D eigenvalue weighted by Crippen LogP contribution is 2.65. The lowest BCUT2D eigenvalue weighted by Gasteiger charge is -2.58. The molecule has 1 aromatic carbocycles. The molecule has 144 valence electrons. The van der Waals surface area contributed by atoms with E-state index in [1.807, 2.05) is 12.1 Å². The first-order valence-electron chi connectivity index (χ1n) is 9.78. The molecule has 0 bridgehead atoms. The van der Waals surface area contributed by atoms with Crippen molar-refractivity contribution in [1.82, 2.24) is 4.90 Å². The van der Waals surface area contributed by atoms with Crippen molar-refractivity contribution >= 4 is 11.7 Å². The maximum atomic E-state index is 12.8. The molecule has 5 atom stereocenters. The number of piperidine rings is 1. The average Bonchev–Trinajstić information content (AvgIpc) is 3.24. The van der Waals surface area contributed by atoms with Gasteiger partial charge in [-0.15, -0.1) is 0 Å². The Hall–Kier alpha value is -1.89. The van der Waals surface area contributed by atoms with E-state index in [1.165, 1.54) is 12.7 Å². The third kappa shape index (κ3) is 1.88. The molecule has 0 aromatic heterocycles. The number of esters is 1. The molecule has 2 saturated heterocycles. The minimum atomic E-state index is -0.868. The summed E-state index contributed by atoms with van der Waals surface area (Å²) >= 11 is 0. The van der Waals surface area contributed by atoms with Crippen molar-refractivity contribution in [1.29, 1.82) is 0 Å². The number of hydrogen-bond acceptors (Lipinski definition) is 6. The van der Waals surface area contributed by atoms with Crippen LogP contribution in [0.15, 0.2) is 35.5 Å². The van der Waals surface area contributed by atoms with E-state index in [-0.39, 0.29) is 17.4 Å². The van der Waals surface area contributed by atoms with E-state index in [0.717, 1.165) is 24.4 Å². The van der Waals surface area contributed by atoms with Crippen molar-refractivity contribution in [2.75, 3.05) is 25.5 Å². The third-order valence-electron chi connectivity index (χ3n) is 7.56. The Kier molecular flexibility index (Phi) is 3.55. The van der Waals surface area contributed by atoms with Crippen LogP contribution in [0.5, 0.6) is 0 Å². The Morgan fingerprint density at radius 3 is 2.89 bits per heavy atom. The molecule has 6 nitrogen and oxygen atoms in total. The molecule has 1 aromatic rings. The molecule has 1 aliphatic carbocycles. The number of rotatable bonds is 2. The van der Waals surface area contributed by atoms with Gasteiger partial charge in [0.05, 0.1) is 30.3 Å². The van der Waals surface area contributed by atoms with Gasteiger partial charge in [0, 0.05) is 29.4 Å². The van der Waals surface area contributed by atoms with Gasteiger partial charge in [0.15, 0.2) is 0 Å². The van der Waals surface area contributed by atoms with Crippen molar-refractivity contribution in [3.63, 3.8) is 0 Å². The highest BCUT2D eigenvalue weighted by molar-refractivity contribution is 5.93. The number of nitrogens with zero attached hydrogens (tertiary/aromatic N) is 1. The maximum absolute atomic E-state index is 12.8. The van der Waals surface area contributed by atoms with E-state index in [0.29, 0.717) is 25.0 Å². The van der Waals surface area contributed by atoms with Gasteiger partial charge in [-0.2, -0.15) is 0 Å². The fourth-order valence-corrected chi connectivity index (χ4v) is 6.53. The van der Waals surface area contributed by atoms with Crippen molar-refractivity contribution in [2.24, 2.45) is 5.41 Å². The number of nitrogens with one attached hydrogen (secondary N) is 1. The zero-order valence-corrected chi connectivity index (χ0v) is 15.7. The molecule has 0 amide bonds.